The molecule has 0 radical (unpaired) electrons. The SMILES string of the molecule is CC(=O)OC[C@H]1O[C@@H](n2ccc3ccncc32)[C@@H]2OC(C)(C)O[C@@H]21. The van der Waals surface area contributed by atoms with Crippen LogP contribution in [0.4, 0.5) is 0 Å². The molecule has 2 aromatic heterocycles. The molecule has 2 aliphatic rings. The number of pyridine rings is 1. The Kier molecular flexibility index (Phi) is 3.59. The normalized spacial score (nSPS) is 31.3. The summed E-state index contributed by atoms with van der Waals surface area (Å²) >= 11 is 0. The topological polar surface area (TPSA) is 71.8 Å². The first kappa shape index (κ1) is 15.6. The lowest BCUT2D eigenvalue weighted by molar-refractivity contribution is -0.201. The molecule has 0 N–H and O–H groups in total. The van der Waals surface area contributed by atoms with Crippen LogP contribution in [-0.4, -0.2) is 46.2 Å². The van der Waals surface area contributed by atoms with Gasteiger partial charge in [0.15, 0.2) is 12.0 Å². The lowest BCUT2D eigenvalue weighted by Gasteiger charge is -2.25. The minimum Gasteiger partial charge on any atom is -0.463 e. The van der Waals surface area contributed by atoms with Gasteiger partial charge in [0.2, 0.25) is 0 Å². The standard InChI is InChI=1S/C17H20N2O5/c1-10(20)21-9-13-14-15(24-17(2,3)23-14)16(22-13)19-7-5-11-4-6-18-8-12(11)19/h4-8,13-16H,9H2,1-3H3/t13-,14-,15-,16-/m1/s1. The van der Waals surface area contributed by atoms with E-state index >= 15 is 0 Å². The van der Waals surface area contributed by atoms with Crippen molar-refractivity contribution in [3.63, 3.8) is 0 Å². The number of aromatic nitrogens is 2. The predicted molar refractivity (Wildman–Crippen MR) is 84.1 cm³/mol. The summed E-state index contributed by atoms with van der Waals surface area (Å²) in [6, 6.07) is 3.96. The summed E-state index contributed by atoms with van der Waals surface area (Å²) < 4.78 is 25.3. The predicted octanol–water partition coefficient (Wildman–Crippen LogP) is 2.02. The van der Waals surface area contributed by atoms with Crippen molar-refractivity contribution in [1.29, 1.82) is 0 Å². The molecule has 24 heavy (non-hydrogen) atoms. The minimum atomic E-state index is -0.701. The first-order chi connectivity index (χ1) is 11.4. The van der Waals surface area contributed by atoms with Crippen LogP contribution in [-0.2, 0) is 23.7 Å². The fraction of sp³-hybridized carbons (Fsp3) is 0.529. The highest BCUT2D eigenvalue weighted by Gasteiger charge is 2.56. The summed E-state index contributed by atoms with van der Waals surface area (Å²) in [4.78, 5) is 15.3. The molecule has 128 valence electrons. The van der Waals surface area contributed by atoms with E-state index in [-0.39, 0.29) is 37.1 Å². The van der Waals surface area contributed by atoms with Crippen LogP contribution in [0.3, 0.4) is 0 Å². The van der Waals surface area contributed by atoms with Gasteiger partial charge in [-0.15, -0.1) is 0 Å². The Hall–Kier alpha value is -1.96. The van der Waals surface area contributed by atoms with Gasteiger partial charge >= 0.3 is 5.97 Å². The van der Waals surface area contributed by atoms with E-state index in [9.17, 15) is 4.79 Å². The maximum absolute atomic E-state index is 11.1. The van der Waals surface area contributed by atoms with Crippen LogP contribution in [0.5, 0.6) is 0 Å². The maximum atomic E-state index is 11.1. The fourth-order valence-corrected chi connectivity index (χ4v) is 3.43. The second-order valence-electron chi connectivity index (χ2n) is 6.59. The van der Waals surface area contributed by atoms with Gasteiger partial charge in [-0.05, 0) is 26.0 Å². The van der Waals surface area contributed by atoms with Gasteiger partial charge in [0.1, 0.15) is 24.9 Å². The van der Waals surface area contributed by atoms with Crippen molar-refractivity contribution in [3.05, 3.63) is 30.7 Å². The molecule has 4 atom stereocenters. The molecule has 2 aliphatic heterocycles. The summed E-state index contributed by atoms with van der Waals surface area (Å²) in [6.07, 6.45) is 4.20. The summed E-state index contributed by atoms with van der Waals surface area (Å²) in [5.41, 5.74) is 0.961. The van der Waals surface area contributed by atoms with Crippen LogP contribution in [0.1, 0.15) is 27.0 Å². The molecule has 2 saturated heterocycles. The molecule has 7 nitrogen and oxygen atoms in total. The zero-order chi connectivity index (χ0) is 16.9. The van der Waals surface area contributed by atoms with Crippen LogP contribution >= 0.6 is 0 Å². The monoisotopic (exact) mass is 332 g/mol. The summed E-state index contributed by atoms with van der Waals surface area (Å²) in [7, 11) is 0. The number of hydrogen-bond donors (Lipinski definition) is 0. The first-order valence-corrected chi connectivity index (χ1v) is 8.00. The number of esters is 1. The molecular formula is C17H20N2O5. The number of hydrogen-bond acceptors (Lipinski definition) is 6. The average molecular weight is 332 g/mol. The molecule has 0 saturated carbocycles. The largest absolute Gasteiger partial charge is 0.463 e. The maximum Gasteiger partial charge on any atom is 0.302 e. The number of fused-ring (bicyclic) bond motifs is 2. The lowest BCUT2D eigenvalue weighted by atomic mass is 10.1. The Balaban J connectivity index is 1.66. The van der Waals surface area contributed by atoms with E-state index < -0.39 is 5.79 Å². The fourth-order valence-electron chi connectivity index (χ4n) is 3.43. The summed E-state index contributed by atoms with van der Waals surface area (Å²) in [6.45, 7) is 5.27. The Bertz CT molecular complexity index is 771. The number of ether oxygens (including phenoxy) is 4. The van der Waals surface area contributed by atoms with Gasteiger partial charge in [-0.1, -0.05) is 0 Å². The van der Waals surface area contributed by atoms with Crippen LogP contribution in [0.2, 0.25) is 0 Å². The summed E-state index contributed by atoms with van der Waals surface area (Å²) in [5.74, 6) is -1.04. The third-order valence-corrected chi connectivity index (χ3v) is 4.38. The molecule has 0 unspecified atom stereocenters. The van der Waals surface area contributed by atoms with Crippen LogP contribution in [0.15, 0.2) is 30.7 Å². The molecule has 2 aromatic rings. The van der Waals surface area contributed by atoms with Crippen molar-refractivity contribution >= 4 is 16.9 Å². The van der Waals surface area contributed by atoms with E-state index in [1.54, 1.807) is 12.4 Å². The van der Waals surface area contributed by atoms with Crippen molar-refractivity contribution in [2.75, 3.05) is 6.61 Å². The van der Waals surface area contributed by atoms with Crippen molar-refractivity contribution in [2.45, 2.75) is 51.1 Å². The van der Waals surface area contributed by atoms with Crippen LogP contribution < -0.4 is 0 Å². The molecule has 4 heterocycles. The Morgan fingerprint density at radius 2 is 2.12 bits per heavy atom. The van der Waals surface area contributed by atoms with Crippen LogP contribution in [0.25, 0.3) is 10.9 Å². The number of nitrogens with zero attached hydrogens (tertiary/aromatic N) is 2. The van der Waals surface area contributed by atoms with Gasteiger partial charge in [-0.2, -0.15) is 0 Å². The van der Waals surface area contributed by atoms with Crippen molar-refractivity contribution in [2.24, 2.45) is 0 Å². The Morgan fingerprint density at radius 3 is 2.92 bits per heavy atom. The Labute approximate surface area is 139 Å². The van der Waals surface area contributed by atoms with E-state index in [1.807, 2.05) is 36.7 Å². The van der Waals surface area contributed by atoms with Crippen LogP contribution in [0, 0.1) is 0 Å². The molecular weight excluding hydrogens is 312 g/mol. The molecule has 0 spiro atoms. The van der Waals surface area contributed by atoms with Gasteiger partial charge in [0.05, 0.1) is 11.7 Å². The van der Waals surface area contributed by atoms with E-state index in [1.165, 1.54) is 6.92 Å². The zero-order valence-corrected chi connectivity index (χ0v) is 13.8. The second kappa shape index (κ2) is 5.54. The van der Waals surface area contributed by atoms with Gasteiger partial charge in [-0.25, -0.2) is 0 Å². The van der Waals surface area contributed by atoms with Crippen molar-refractivity contribution in [3.8, 4) is 0 Å². The van der Waals surface area contributed by atoms with Crippen molar-refractivity contribution < 1.29 is 23.7 Å². The van der Waals surface area contributed by atoms with E-state index in [4.69, 9.17) is 18.9 Å². The smallest absolute Gasteiger partial charge is 0.302 e. The van der Waals surface area contributed by atoms with E-state index in [2.05, 4.69) is 4.98 Å². The quantitative estimate of drug-likeness (QED) is 0.801. The second-order valence-corrected chi connectivity index (χ2v) is 6.59. The molecule has 7 heteroatoms. The third-order valence-electron chi connectivity index (χ3n) is 4.38. The molecule has 0 bridgehead atoms. The highest BCUT2D eigenvalue weighted by Crippen LogP contribution is 2.44. The number of carbonyl (C=O) groups is 1. The van der Waals surface area contributed by atoms with E-state index in [0.717, 1.165) is 10.9 Å². The summed E-state index contributed by atoms with van der Waals surface area (Å²) in [5, 5.41) is 1.08. The lowest BCUT2D eigenvalue weighted by Crippen LogP contribution is -2.33. The van der Waals surface area contributed by atoms with Gasteiger partial charge in [0.25, 0.3) is 0 Å². The number of rotatable bonds is 3. The molecule has 2 fully saturated rings. The highest BCUT2D eigenvalue weighted by atomic mass is 16.8. The molecule has 4 rings (SSSR count). The first-order valence-electron chi connectivity index (χ1n) is 8.00. The van der Waals surface area contributed by atoms with Gasteiger partial charge in [0, 0.05) is 24.7 Å². The number of carbonyl (C=O) groups excluding carboxylic acids is 1. The Morgan fingerprint density at radius 1 is 1.33 bits per heavy atom. The molecule has 0 aromatic carbocycles. The highest BCUT2D eigenvalue weighted by molar-refractivity contribution is 5.79. The molecule has 0 amide bonds. The zero-order valence-electron chi connectivity index (χ0n) is 13.8. The molecule has 0 aliphatic carbocycles. The minimum absolute atomic E-state index is 0.143. The average Bonchev–Trinajstić information content (AvgIpc) is 3.16. The van der Waals surface area contributed by atoms with Crippen molar-refractivity contribution in [1.82, 2.24) is 9.55 Å². The van der Waals surface area contributed by atoms with Gasteiger partial charge in [-0.3, -0.25) is 9.78 Å². The third kappa shape index (κ3) is 2.58. The van der Waals surface area contributed by atoms with E-state index in [0.29, 0.717) is 0 Å². The van der Waals surface area contributed by atoms with Gasteiger partial charge < -0.3 is 23.5 Å².